The second kappa shape index (κ2) is 8.13. The highest BCUT2D eigenvalue weighted by Crippen LogP contribution is 2.35. The molecule has 1 nitrogen and oxygen atoms in total. The molecule has 0 aromatic heterocycles. The molecule has 0 saturated carbocycles. The van der Waals surface area contributed by atoms with Crippen LogP contribution in [-0.4, -0.2) is 12.6 Å². The van der Waals surface area contributed by atoms with Gasteiger partial charge < -0.3 is 5.32 Å². The fourth-order valence-corrected chi connectivity index (χ4v) is 3.95. The standard InChI is InChI=1S/C22H26BrN/c1-16(2)14-21-20(18-8-10-19(23)11-9-18)12-13-24-22(21)15-17-6-4-3-5-7-17/h3-12,16,21-22,24H,13-15H2,1-2H3. The zero-order chi connectivity index (χ0) is 16.9. The summed E-state index contributed by atoms with van der Waals surface area (Å²) in [5.41, 5.74) is 4.29. The van der Waals surface area contributed by atoms with Crippen LogP contribution in [0, 0.1) is 11.8 Å². The average molecular weight is 384 g/mol. The van der Waals surface area contributed by atoms with Crippen LogP contribution in [0.25, 0.3) is 5.57 Å². The number of halogens is 1. The first kappa shape index (κ1) is 17.4. The molecule has 0 amide bonds. The summed E-state index contributed by atoms with van der Waals surface area (Å²) in [6.45, 7) is 5.61. The Hall–Kier alpha value is -1.38. The lowest BCUT2D eigenvalue weighted by atomic mass is 9.77. The van der Waals surface area contributed by atoms with Crippen molar-refractivity contribution < 1.29 is 0 Å². The van der Waals surface area contributed by atoms with Crippen molar-refractivity contribution in [2.75, 3.05) is 6.54 Å². The van der Waals surface area contributed by atoms with E-state index in [1.54, 1.807) is 0 Å². The monoisotopic (exact) mass is 383 g/mol. The van der Waals surface area contributed by atoms with Gasteiger partial charge in [0.25, 0.3) is 0 Å². The van der Waals surface area contributed by atoms with Gasteiger partial charge in [-0.3, -0.25) is 0 Å². The molecule has 1 heterocycles. The molecule has 1 aliphatic heterocycles. The Kier molecular flexibility index (Phi) is 5.91. The molecule has 2 unspecified atom stereocenters. The normalized spacial score (nSPS) is 20.9. The fourth-order valence-electron chi connectivity index (χ4n) is 3.69. The number of nitrogens with one attached hydrogen (secondary N) is 1. The highest BCUT2D eigenvalue weighted by atomic mass is 79.9. The van der Waals surface area contributed by atoms with Gasteiger partial charge in [-0.15, -0.1) is 0 Å². The van der Waals surface area contributed by atoms with Gasteiger partial charge in [-0.1, -0.05) is 78.3 Å². The van der Waals surface area contributed by atoms with Gasteiger partial charge in [0.2, 0.25) is 0 Å². The average Bonchev–Trinajstić information content (AvgIpc) is 2.58. The van der Waals surface area contributed by atoms with Crippen molar-refractivity contribution in [1.29, 1.82) is 0 Å². The molecule has 126 valence electrons. The van der Waals surface area contributed by atoms with Crippen LogP contribution >= 0.6 is 15.9 Å². The molecule has 1 N–H and O–H groups in total. The first-order chi connectivity index (χ1) is 11.6. The van der Waals surface area contributed by atoms with Crippen LogP contribution in [0.15, 0.2) is 65.1 Å². The highest BCUT2D eigenvalue weighted by Gasteiger charge is 2.29. The van der Waals surface area contributed by atoms with Crippen molar-refractivity contribution in [3.8, 4) is 0 Å². The molecule has 0 radical (unpaired) electrons. The highest BCUT2D eigenvalue weighted by molar-refractivity contribution is 9.10. The van der Waals surface area contributed by atoms with Crippen LogP contribution in [0.4, 0.5) is 0 Å². The summed E-state index contributed by atoms with van der Waals surface area (Å²) in [6, 6.07) is 20.1. The Morgan fingerprint density at radius 1 is 1.04 bits per heavy atom. The molecule has 2 atom stereocenters. The number of rotatable bonds is 5. The van der Waals surface area contributed by atoms with E-state index in [1.807, 2.05) is 0 Å². The lowest BCUT2D eigenvalue weighted by Crippen LogP contribution is -2.42. The summed E-state index contributed by atoms with van der Waals surface area (Å²) in [5.74, 6) is 1.24. The van der Waals surface area contributed by atoms with E-state index >= 15 is 0 Å². The first-order valence-corrected chi connectivity index (χ1v) is 9.66. The van der Waals surface area contributed by atoms with E-state index < -0.39 is 0 Å². The molecule has 2 aromatic carbocycles. The minimum absolute atomic E-state index is 0.499. The lowest BCUT2D eigenvalue weighted by molar-refractivity contribution is 0.358. The van der Waals surface area contributed by atoms with Crippen LogP contribution in [0.3, 0.4) is 0 Å². The maximum absolute atomic E-state index is 3.75. The Bertz CT molecular complexity index is 673. The molecule has 2 aromatic rings. The Morgan fingerprint density at radius 2 is 1.75 bits per heavy atom. The minimum Gasteiger partial charge on any atom is -0.310 e. The van der Waals surface area contributed by atoms with Gasteiger partial charge >= 0.3 is 0 Å². The van der Waals surface area contributed by atoms with Crippen molar-refractivity contribution >= 4 is 21.5 Å². The van der Waals surface area contributed by atoms with Gasteiger partial charge in [-0.2, -0.15) is 0 Å². The molecule has 0 saturated heterocycles. The molecule has 0 bridgehead atoms. The van der Waals surface area contributed by atoms with Crippen molar-refractivity contribution in [1.82, 2.24) is 5.32 Å². The van der Waals surface area contributed by atoms with Crippen molar-refractivity contribution in [3.63, 3.8) is 0 Å². The van der Waals surface area contributed by atoms with Crippen LogP contribution in [0.2, 0.25) is 0 Å². The van der Waals surface area contributed by atoms with Crippen molar-refractivity contribution in [2.24, 2.45) is 11.8 Å². The number of benzene rings is 2. The summed E-state index contributed by atoms with van der Waals surface area (Å²) in [4.78, 5) is 0. The zero-order valence-electron chi connectivity index (χ0n) is 14.5. The molecule has 2 heteroatoms. The second-order valence-electron chi connectivity index (χ2n) is 7.11. The Labute approximate surface area is 154 Å². The van der Waals surface area contributed by atoms with Gasteiger partial charge in [0.1, 0.15) is 0 Å². The molecule has 24 heavy (non-hydrogen) atoms. The van der Waals surface area contributed by atoms with Crippen LogP contribution in [-0.2, 0) is 6.42 Å². The van der Waals surface area contributed by atoms with E-state index in [9.17, 15) is 0 Å². The summed E-state index contributed by atoms with van der Waals surface area (Å²) in [7, 11) is 0. The first-order valence-electron chi connectivity index (χ1n) is 8.87. The molecule has 0 fully saturated rings. The molecule has 0 spiro atoms. The van der Waals surface area contributed by atoms with Gasteiger partial charge in [0, 0.05) is 23.0 Å². The quantitative estimate of drug-likeness (QED) is 0.696. The summed E-state index contributed by atoms with van der Waals surface area (Å²) in [6.07, 6.45) is 4.69. The SMILES string of the molecule is CC(C)CC1C(c2ccc(Br)cc2)=CCNC1Cc1ccccc1. The zero-order valence-corrected chi connectivity index (χ0v) is 16.1. The topological polar surface area (TPSA) is 12.0 Å². The predicted octanol–water partition coefficient (Wildman–Crippen LogP) is 5.71. The summed E-state index contributed by atoms with van der Waals surface area (Å²) >= 11 is 3.55. The van der Waals surface area contributed by atoms with Crippen molar-refractivity contribution in [2.45, 2.75) is 32.7 Å². The Morgan fingerprint density at radius 3 is 2.42 bits per heavy atom. The molecular formula is C22H26BrN. The van der Waals surface area contributed by atoms with E-state index in [0.29, 0.717) is 17.9 Å². The van der Waals surface area contributed by atoms with Gasteiger partial charge in [0.15, 0.2) is 0 Å². The Balaban J connectivity index is 1.87. The third kappa shape index (κ3) is 4.37. The molecule has 1 aliphatic rings. The largest absolute Gasteiger partial charge is 0.310 e. The van der Waals surface area contributed by atoms with Crippen LogP contribution < -0.4 is 5.32 Å². The molecular weight excluding hydrogens is 358 g/mol. The summed E-state index contributed by atoms with van der Waals surface area (Å²) in [5, 5.41) is 3.75. The van der Waals surface area contributed by atoms with Gasteiger partial charge in [-0.25, -0.2) is 0 Å². The van der Waals surface area contributed by atoms with E-state index in [-0.39, 0.29) is 0 Å². The maximum Gasteiger partial charge on any atom is 0.0179 e. The third-order valence-corrected chi connectivity index (χ3v) is 5.32. The fraction of sp³-hybridized carbons (Fsp3) is 0.364. The minimum atomic E-state index is 0.499. The van der Waals surface area contributed by atoms with E-state index in [0.717, 1.165) is 17.4 Å². The van der Waals surface area contributed by atoms with Gasteiger partial charge in [-0.05, 0) is 47.6 Å². The lowest BCUT2D eigenvalue weighted by Gasteiger charge is -2.35. The summed E-state index contributed by atoms with van der Waals surface area (Å²) < 4.78 is 1.14. The number of hydrogen-bond acceptors (Lipinski definition) is 1. The molecule has 0 aliphatic carbocycles. The van der Waals surface area contributed by atoms with Crippen LogP contribution in [0.5, 0.6) is 0 Å². The van der Waals surface area contributed by atoms with Crippen molar-refractivity contribution in [3.05, 3.63) is 76.3 Å². The maximum atomic E-state index is 3.75. The smallest absolute Gasteiger partial charge is 0.0179 e. The molecule has 3 rings (SSSR count). The predicted molar refractivity (Wildman–Crippen MR) is 107 cm³/mol. The van der Waals surface area contributed by atoms with Gasteiger partial charge in [0.05, 0.1) is 0 Å². The second-order valence-corrected chi connectivity index (χ2v) is 8.02. The number of hydrogen-bond donors (Lipinski definition) is 1. The van der Waals surface area contributed by atoms with Crippen LogP contribution in [0.1, 0.15) is 31.4 Å². The third-order valence-electron chi connectivity index (χ3n) is 4.79. The van der Waals surface area contributed by atoms with E-state index in [4.69, 9.17) is 0 Å². The van der Waals surface area contributed by atoms with E-state index in [1.165, 1.54) is 23.1 Å². The van der Waals surface area contributed by atoms with E-state index in [2.05, 4.69) is 95.8 Å².